The van der Waals surface area contributed by atoms with Gasteiger partial charge in [-0.15, -0.1) is 0 Å². The first kappa shape index (κ1) is 18.0. The van der Waals surface area contributed by atoms with Gasteiger partial charge in [0.1, 0.15) is 5.75 Å². The maximum absolute atomic E-state index is 12.3. The molecule has 2 aromatic carbocycles. The number of aryl methyl sites for hydroxylation is 1. The Balaban J connectivity index is 1.56. The van der Waals surface area contributed by atoms with Crippen LogP contribution in [-0.2, 0) is 11.3 Å². The van der Waals surface area contributed by atoms with E-state index in [4.69, 9.17) is 16.3 Å². The number of para-hydroxylation sites is 1. The zero-order valence-electron chi connectivity index (χ0n) is 14.7. The molecule has 0 radical (unpaired) electrons. The highest BCUT2D eigenvalue weighted by Gasteiger charge is 2.12. The molecule has 0 fully saturated rings. The summed E-state index contributed by atoms with van der Waals surface area (Å²) in [6.07, 6.45) is 3.68. The van der Waals surface area contributed by atoms with Crippen LogP contribution >= 0.6 is 11.6 Å². The molecule has 0 N–H and O–H groups in total. The van der Waals surface area contributed by atoms with Crippen molar-refractivity contribution in [1.29, 1.82) is 0 Å². The lowest BCUT2D eigenvalue weighted by Crippen LogP contribution is -2.30. The normalized spacial score (nSPS) is 10.6. The summed E-state index contributed by atoms with van der Waals surface area (Å²) in [5.74, 6) is 0.524. The number of nitrogens with zero attached hydrogens (tertiary/aromatic N) is 3. The summed E-state index contributed by atoms with van der Waals surface area (Å²) < 4.78 is 7.36. The number of hydrogen-bond acceptors (Lipinski definition) is 3. The first-order valence-corrected chi connectivity index (χ1v) is 8.62. The quantitative estimate of drug-likeness (QED) is 0.662. The van der Waals surface area contributed by atoms with Gasteiger partial charge in [0.2, 0.25) is 0 Å². The highest BCUT2D eigenvalue weighted by atomic mass is 35.5. The second-order valence-electron chi connectivity index (χ2n) is 6.08. The fourth-order valence-electron chi connectivity index (χ4n) is 2.49. The molecule has 0 bridgehead atoms. The molecule has 3 rings (SSSR count). The van der Waals surface area contributed by atoms with Crippen LogP contribution in [-0.4, -0.2) is 34.2 Å². The smallest absolute Gasteiger partial charge is 0.260 e. The Hall–Kier alpha value is -2.79. The number of amides is 1. The van der Waals surface area contributed by atoms with E-state index in [1.54, 1.807) is 35.0 Å². The SMILES string of the molecule is Cc1cc(OCC(=O)N(C)Cc2cnn(-c3ccccc3)c2)ccc1Cl. The first-order chi connectivity index (χ1) is 12.5. The van der Waals surface area contributed by atoms with Gasteiger partial charge in [0.05, 0.1) is 11.9 Å². The predicted octanol–water partition coefficient (Wildman–Crippen LogP) is 3.87. The molecule has 0 saturated heterocycles. The molecule has 0 saturated carbocycles. The summed E-state index contributed by atoms with van der Waals surface area (Å²) in [7, 11) is 1.75. The third kappa shape index (κ3) is 4.43. The molecule has 134 valence electrons. The van der Waals surface area contributed by atoms with Crippen molar-refractivity contribution in [2.24, 2.45) is 0 Å². The largest absolute Gasteiger partial charge is 0.484 e. The Morgan fingerprint density at radius 2 is 2.00 bits per heavy atom. The second kappa shape index (κ2) is 8.06. The van der Waals surface area contributed by atoms with Crippen molar-refractivity contribution in [3.8, 4) is 11.4 Å². The summed E-state index contributed by atoms with van der Waals surface area (Å²) in [5, 5.41) is 5.02. The molecule has 0 aliphatic carbocycles. The van der Waals surface area contributed by atoms with Crippen LogP contribution in [0.3, 0.4) is 0 Å². The van der Waals surface area contributed by atoms with E-state index in [0.29, 0.717) is 17.3 Å². The Labute approximate surface area is 157 Å². The van der Waals surface area contributed by atoms with Gasteiger partial charge in [0.15, 0.2) is 6.61 Å². The minimum atomic E-state index is -0.106. The maximum Gasteiger partial charge on any atom is 0.260 e. The summed E-state index contributed by atoms with van der Waals surface area (Å²) in [4.78, 5) is 13.9. The molecule has 0 aliphatic rings. The maximum atomic E-state index is 12.3. The lowest BCUT2D eigenvalue weighted by molar-refractivity contribution is -0.132. The van der Waals surface area contributed by atoms with Crippen molar-refractivity contribution in [1.82, 2.24) is 14.7 Å². The summed E-state index contributed by atoms with van der Waals surface area (Å²) in [6, 6.07) is 15.2. The molecule has 0 atom stereocenters. The molecule has 0 aliphatic heterocycles. The number of aromatic nitrogens is 2. The van der Waals surface area contributed by atoms with Crippen LogP contribution in [0, 0.1) is 6.92 Å². The van der Waals surface area contributed by atoms with Crippen molar-refractivity contribution in [3.63, 3.8) is 0 Å². The summed E-state index contributed by atoms with van der Waals surface area (Å²) in [6.45, 7) is 2.34. The van der Waals surface area contributed by atoms with Crippen LogP contribution in [0.1, 0.15) is 11.1 Å². The molecule has 1 amide bonds. The molecule has 1 aromatic heterocycles. The molecule has 0 unspecified atom stereocenters. The highest BCUT2D eigenvalue weighted by Crippen LogP contribution is 2.21. The molecule has 1 heterocycles. The lowest BCUT2D eigenvalue weighted by atomic mass is 10.2. The number of likely N-dealkylation sites (N-methyl/N-ethyl adjacent to an activating group) is 1. The number of benzene rings is 2. The fraction of sp³-hybridized carbons (Fsp3) is 0.200. The molecular formula is C20H20ClN3O2. The number of halogens is 1. The van der Waals surface area contributed by atoms with Crippen molar-refractivity contribution in [2.75, 3.05) is 13.7 Å². The van der Waals surface area contributed by atoms with E-state index >= 15 is 0 Å². The van der Waals surface area contributed by atoms with Crippen molar-refractivity contribution in [2.45, 2.75) is 13.5 Å². The van der Waals surface area contributed by atoms with Crippen LogP contribution in [0.4, 0.5) is 0 Å². The Morgan fingerprint density at radius 1 is 1.23 bits per heavy atom. The van der Waals surface area contributed by atoms with Gasteiger partial charge >= 0.3 is 0 Å². The van der Waals surface area contributed by atoms with E-state index in [-0.39, 0.29) is 12.5 Å². The zero-order chi connectivity index (χ0) is 18.5. The highest BCUT2D eigenvalue weighted by molar-refractivity contribution is 6.31. The monoisotopic (exact) mass is 369 g/mol. The molecule has 6 heteroatoms. The third-order valence-electron chi connectivity index (χ3n) is 3.99. The van der Waals surface area contributed by atoms with Crippen molar-refractivity contribution < 1.29 is 9.53 Å². The van der Waals surface area contributed by atoms with Gasteiger partial charge in [0.25, 0.3) is 5.91 Å². The van der Waals surface area contributed by atoms with Crippen LogP contribution in [0.2, 0.25) is 5.02 Å². The standard InChI is InChI=1S/C20H20ClN3O2/c1-15-10-18(8-9-19(15)21)26-14-20(25)23(2)12-16-11-22-24(13-16)17-6-4-3-5-7-17/h3-11,13H,12,14H2,1-2H3. The number of hydrogen-bond donors (Lipinski definition) is 0. The van der Waals surface area contributed by atoms with Gasteiger partial charge in [-0.1, -0.05) is 29.8 Å². The zero-order valence-corrected chi connectivity index (χ0v) is 15.5. The molecule has 0 spiro atoms. The van der Waals surface area contributed by atoms with Gasteiger partial charge in [-0.25, -0.2) is 4.68 Å². The minimum absolute atomic E-state index is 0.0234. The summed E-state index contributed by atoms with van der Waals surface area (Å²) >= 11 is 5.99. The predicted molar refractivity (Wildman–Crippen MR) is 102 cm³/mol. The van der Waals surface area contributed by atoms with E-state index in [1.165, 1.54) is 0 Å². The van der Waals surface area contributed by atoms with E-state index in [2.05, 4.69) is 5.10 Å². The van der Waals surface area contributed by atoms with E-state index < -0.39 is 0 Å². The molecule has 3 aromatic rings. The van der Waals surface area contributed by atoms with Crippen molar-refractivity contribution >= 4 is 17.5 Å². The molecule has 26 heavy (non-hydrogen) atoms. The summed E-state index contributed by atoms with van der Waals surface area (Å²) in [5.41, 5.74) is 2.85. The van der Waals surface area contributed by atoms with Gasteiger partial charge in [-0.05, 0) is 42.8 Å². The number of rotatable bonds is 6. The Morgan fingerprint density at radius 3 is 2.73 bits per heavy atom. The van der Waals surface area contributed by atoms with Crippen LogP contribution in [0.25, 0.3) is 5.69 Å². The Bertz CT molecular complexity index is 893. The molecule has 5 nitrogen and oxygen atoms in total. The van der Waals surface area contributed by atoms with E-state index in [0.717, 1.165) is 16.8 Å². The van der Waals surface area contributed by atoms with Crippen LogP contribution < -0.4 is 4.74 Å². The average molecular weight is 370 g/mol. The van der Waals surface area contributed by atoms with E-state index in [9.17, 15) is 4.79 Å². The van der Waals surface area contributed by atoms with Crippen LogP contribution in [0.15, 0.2) is 60.9 Å². The van der Waals surface area contributed by atoms with Crippen molar-refractivity contribution in [3.05, 3.63) is 77.1 Å². The Kier molecular flexibility index (Phi) is 5.58. The number of carbonyl (C=O) groups excluding carboxylic acids is 1. The van der Waals surface area contributed by atoms with E-state index in [1.807, 2.05) is 49.5 Å². The fourth-order valence-corrected chi connectivity index (χ4v) is 2.61. The minimum Gasteiger partial charge on any atom is -0.484 e. The van der Waals surface area contributed by atoms with Gasteiger partial charge < -0.3 is 9.64 Å². The second-order valence-corrected chi connectivity index (χ2v) is 6.49. The van der Waals surface area contributed by atoms with Gasteiger partial charge in [-0.3, -0.25) is 4.79 Å². The lowest BCUT2D eigenvalue weighted by Gasteiger charge is -2.16. The third-order valence-corrected chi connectivity index (χ3v) is 4.42. The average Bonchev–Trinajstić information content (AvgIpc) is 3.11. The topological polar surface area (TPSA) is 47.4 Å². The number of carbonyl (C=O) groups is 1. The first-order valence-electron chi connectivity index (χ1n) is 8.25. The van der Waals surface area contributed by atoms with Gasteiger partial charge in [0, 0.05) is 30.4 Å². The van der Waals surface area contributed by atoms with Gasteiger partial charge in [-0.2, -0.15) is 5.10 Å². The van der Waals surface area contributed by atoms with Crippen LogP contribution in [0.5, 0.6) is 5.75 Å². The molecular weight excluding hydrogens is 350 g/mol. The number of ether oxygens (including phenoxy) is 1.